The third-order valence-electron chi connectivity index (χ3n) is 8.77. The Balaban J connectivity index is 2.17. The molecule has 0 saturated carbocycles. The lowest BCUT2D eigenvalue weighted by molar-refractivity contribution is 0.178. The molecule has 0 saturated heterocycles. The average Bonchev–Trinajstić information content (AvgIpc) is 3.19. The first-order valence-corrected chi connectivity index (χ1v) is 19.2. The second-order valence-electron chi connectivity index (χ2n) is 12.0. The van der Waals surface area contributed by atoms with E-state index < -0.39 is 46.9 Å². The zero-order valence-corrected chi connectivity index (χ0v) is 29.6. The summed E-state index contributed by atoms with van der Waals surface area (Å²) >= 11 is 0. The molecule has 1 aliphatic rings. The molecule has 2 atom stereocenters. The van der Waals surface area contributed by atoms with Crippen molar-refractivity contribution in [3.63, 3.8) is 0 Å². The normalized spacial score (nSPS) is 19.3. The predicted molar refractivity (Wildman–Crippen MR) is 180 cm³/mol. The lowest BCUT2D eigenvalue weighted by atomic mass is 9.72. The molecule has 0 amide bonds. The number of fused-ring (bicyclic) bond motifs is 1. The van der Waals surface area contributed by atoms with E-state index in [2.05, 4.69) is 6.58 Å². The summed E-state index contributed by atoms with van der Waals surface area (Å²) in [4.78, 5) is 1.37. The van der Waals surface area contributed by atoms with Crippen molar-refractivity contribution in [3.05, 3.63) is 89.2 Å². The highest BCUT2D eigenvalue weighted by atomic mass is 32.2. The molecular formula is C32H43NO11S3. The van der Waals surface area contributed by atoms with Crippen molar-refractivity contribution in [2.45, 2.75) is 60.7 Å². The highest BCUT2D eigenvalue weighted by molar-refractivity contribution is 7.86. The van der Waals surface area contributed by atoms with Crippen LogP contribution in [0.1, 0.15) is 49.8 Å². The van der Waals surface area contributed by atoms with Crippen LogP contribution in [0.25, 0.3) is 0 Å². The smallest absolute Gasteiger partial charge is 0.294 e. The topological polar surface area (TPSA) is 185 Å². The van der Waals surface area contributed by atoms with E-state index in [1.54, 1.807) is 37.5 Å². The monoisotopic (exact) mass is 713 g/mol. The number of hydrogen-bond acceptors (Lipinski definition) is 9. The minimum Gasteiger partial charge on any atom is -0.385 e. The summed E-state index contributed by atoms with van der Waals surface area (Å²) in [5, 5.41) is 0. The molecule has 0 radical (unpaired) electrons. The van der Waals surface area contributed by atoms with E-state index in [9.17, 15) is 38.9 Å². The van der Waals surface area contributed by atoms with Gasteiger partial charge in [0.2, 0.25) is 0 Å². The van der Waals surface area contributed by atoms with Gasteiger partial charge in [0, 0.05) is 49.6 Å². The molecule has 0 aliphatic carbocycles. The standard InChI is InChI=1S/C32H43NO11S3/c1-23-11-12-25(46(37,38)39)21-27(23)31(3,16-18-43-5)24(2)9-7-10-30-32(4,15-8-20-45(34,35)36)28-22-26(47(40,41)42)13-14-29(28)33(30)17-19-44-6/h7,9-14,21-22H,2,8,15-20H2,1,3-6H3,(H,34,35,36)(H,37,38,39)(H,40,41,42)/b9-7+,30-10+. The quantitative estimate of drug-likeness (QED) is 0.159. The van der Waals surface area contributed by atoms with E-state index >= 15 is 0 Å². The molecule has 2 unspecified atom stereocenters. The van der Waals surface area contributed by atoms with Crippen LogP contribution in [0.15, 0.2) is 82.3 Å². The van der Waals surface area contributed by atoms with Crippen molar-refractivity contribution >= 4 is 36.0 Å². The summed E-state index contributed by atoms with van der Waals surface area (Å²) < 4.78 is 111. The molecule has 47 heavy (non-hydrogen) atoms. The fourth-order valence-electron chi connectivity index (χ4n) is 6.06. The van der Waals surface area contributed by atoms with Crippen molar-refractivity contribution in [1.29, 1.82) is 0 Å². The molecule has 1 heterocycles. The minimum atomic E-state index is -4.55. The first-order chi connectivity index (χ1) is 21.7. The number of rotatable bonds is 16. The van der Waals surface area contributed by atoms with Gasteiger partial charge in [0.05, 0.1) is 22.2 Å². The molecule has 15 heteroatoms. The van der Waals surface area contributed by atoms with Crippen LogP contribution >= 0.6 is 0 Å². The molecular weight excluding hydrogens is 671 g/mol. The third-order valence-corrected chi connectivity index (χ3v) is 11.3. The van der Waals surface area contributed by atoms with E-state index in [4.69, 9.17) is 9.47 Å². The van der Waals surface area contributed by atoms with Crippen molar-refractivity contribution in [1.82, 2.24) is 0 Å². The summed E-state index contributed by atoms with van der Waals surface area (Å²) in [7, 11) is -10.2. The lowest BCUT2D eigenvalue weighted by Gasteiger charge is -2.33. The van der Waals surface area contributed by atoms with Gasteiger partial charge in [-0.3, -0.25) is 13.7 Å². The second-order valence-corrected chi connectivity index (χ2v) is 16.4. The first-order valence-electron chi connectivity index (χ1n) is 14.7. The van der Waals surface area contributed by atoms with Crippen LogP contribution in [0, 0.1) is 6.92 Å². The number of methoxy groups -OCH3 is 2. The number of benzene rings is 2. The fourth-order valence-corrected chi connectivity index (χ4v) is 7.58. The van der Waals surface area contributed by atoms with E-state index in [-0.39, 0.29) is 22.6 Å². The SMILES string of the molecule is C=C(/C=C/C=C1/N(CCOC)c2ccc(S(=O)(=O)O)cc2C1(C)CCCS(=O)(=O)O)C(C)(CCOC)c1cc(S(=O)(=O)O)ccc1C. The van der Waals surface area contributed by atoms with E-state index in [0.717, 1.165) is 5.56 Å². The molecule has 3 N–H and O–H groups in total. The van der Waals surface area contributed by atoms with Crippen LogP contribution < -0.4 is 4.90 Å². The largest absolute Gasteiger partial charge is 0.385 e. The maximum absolute atomic E-state index is 12.1. The van der Waals surface area contributed by atoms with Crippen molar-refractivity contribution in [2.24, 2.45) is 0 Å². The molecule has 260 valence electrons. The Morgan fingerprint density at radius 1 is 0.957 bits per heavy atom. The Morgan fingerprint density at radius 3 is 2.13 bits per heavy atom. The van der Waals surface area contributed by atoms with Gasteiger partial charge in [0.15, 0.2) is 0 Å². The number of hydrogen-bond donors (Lipinski definition) is 3. The van der Waals surface area contributed by atoms with Crippen LogP contribution in [0.2, 0.25) is 0 Å². The van der Waals surface area contributed by atoms with Gasteiger partial charge in [-0.1, -0.05) is 31.7 Å². The van der Waals surface area contributed by atoms with Crippen LogP contribution in [0.3, 0.4) is 0 Å². The Bertz CT molecular complexity index is 1880. The summed E-state index contributed by atoms with van der Waals surface area (Å²) in [5.41, 5.74) is 2.09. The minimum absolute atomic E-state index is 0.0508. The number of anilines is 1. The number of ether oxygens (including phenoxy) is 2. The fraction of sp³-hybridized carbons (Fsp3) is 0.438. The summed E-state index contributed by atoms with van der Waals surface area (Å²) in [6.07, 6.45) is 6.00. The van der Waals surface area contributed by atoms with Gasteiger partial charge in [-0.15, -0.1) is 0 Å². The van der Waals surface area contributed by atoms with E-state index in [1.165, 1.54) is 31.4 Å². The van der Waals surface area contributed by atoms with Gasteiger partial charge in [-0.2, -0.15) is 25.3 Å². The van der Waals surface area contributed by atoms with E-state index in [1.807, 2.05) is 25.7 Å². The van der Waals surface area contributed by atoms with Crippen LogP contribution in [-0.4, -0.2) is 78.6 Å². The maximum Gasteiger partial charge on any atom is 0.294 e. The molecule has 0 fully saturated rings. The van der Waals surface area contributed by atoms with Gasteiger partial charge in [-0.25, -0.2) is 0 Å². The predicted octanol–water partition coefficient (Wildman–Crippen LogP) is 4.87. The highest BCUT2D eigenvalue weighted by Crippen LogP contribution is 2.51. The number of nitrogens with zero attached hydrogens (tertiary/aromatic N) is 1. The van der Waals surface area contributed by atoms with Crippen molar-refractivity contribution in [3.8, 4) is 0 Å². The maximum atomic E-state index is 12.1. The van der Waals surface area contributed by atoms with Crippen LogP contribution in [0.4, 0.5) is 5.69 Å². The molecule has 2 aromatic carbocycles. The van der Waals surface area contributed by atoms with Gasteiger partial charge in [0.25, 0.3) is 30.4 Å². The van der Waals surface area contributed by atoms with Gasteiger partial charge >= 0.3 is 0 Å². The second kappa shape index (κ2) is 14.7. The zero-order chi connectivity index (χ0) is 35.4. The summed E-state index contributed by atoms with van der Waals surface area (Å²) in [5.74, 6) is -0.506. The highest BCUT2D eigenvalue weighted by Gasteiger charge is 2.44. The van der Waals surface area contributed by atoms with Gasteiger partial charge < -0.3 is 14.4 Å². The van der Waals surface area contributed by atoms with Gasteiger partial charge in [0.1, 0.15) is 0 Å². The van der Waals surface area contributed by atoms with Crippen LogP contribution in [-0.2, 0) is 50.7 Å². The Morgan fingerprint density at radius 2 is 1.55 bits per heavy atom. The van der Waals surface area contributed by atoms with Gasteiger partial charge in [-0.05, 0) is 91.8 Å². The lowest BCUT2D eigenvalue weighted by Crippen LogP contribution is -2.31. The molecule has 3 rings (SSSR count). The first kappa shape index (κ1) is 38.6. The molecule has 0 aromatic heterocycles. The molecule has 12 nitrogen and oxygen atoms in total. The average molecular weight is 714 g/mol. The summed E-state index contributed by atoms with van der Waals surface area (Å²) in [6, 6.07) is 8.61. The van der Waals surface area contributed by atoms with Crippen LogP contribution in [0.5, 0.6) is 0 Å². The molecule has 2 aromatic rings. The number of allylic oxidation sites excluding steroid dienone is 5. The Kier molecular flexibility index (Phi) is 12.1. The van der Waals surface area contributed by atoms with Crippen molar-refractivity contribution < 1.29 is 48.4 Å². The Hall–Kier alpha value is -2.89. The van der Waals surface area contributed by atoms with E-state index in [0.29, 0.717) is 54.3 Å². The molecule has 1 aliphatic heterocycles. The Labute approximate surface area is 278 Å². The zero-order valence-electron chi connectivity index (χ0n) is 27.1. The molecule has 0 bridgehead atoms. The third kappa shape index (κ3) is 8.97. The number of aryl methyl sites for hydroxylation is 1. The molecule has 0 spiro atoms. The van der Waals surface area contributed by atoms with Crippen molar-refractivity contribution in [2.75, 3.05) is 44.6 Å². The summed E-state index contributed by atoms with van der Waals surface area (Å²) in [6.45, 7) is 10.8.